The molecule has 9 heteroatoms. The number of phenols is 2. The second-order valence-electron chi connectivity index (χ2n) is 2.08. The summed E-state index contributed by atoms with van der Waals surface area (Å²) in [7, 11) is -2.17. The molecule has 15 heavy (non-hydrogen) atoms. The molecule has 5 nitrogen and oxygen atoms in total. The van der Waals surface area contributed by atoms with Gasteiger partial charge in [0.15, 0.2) is 17.3 Å². The van der Waals surface area contributed by atoms with Crippen LogP contribution >= 0.6 is 0 Å². The molecule has 1 aromatic carbocycles. The Morgan fingerprint density at radius 1 is 1.00 bits per heavy atom. The van der Waals surface area contributed by atoms with E-state index in [4.69, 9.17) is 25.3 Å². The molecule has 0 amide bonds. The first-order valence-corrected chi connectivity index (χ1v) is 3.26. The Balaban J connectivity index is 0. The van der Waals surface area contributed by atoms with Gasteiger partial charge in [0.2, 0.25) is 5.82 Å². The molecule has 5 N–H and O–H groups in total. The van der Waals surface area contributed by atoms with Gasteiger partial charge in [-0.25, -0.2) is 4.39 Å². The van der Waals surface area contributed by atoms with E-state index in [1.807, 2.05) is 0 Å². The molecule has 0 aliphatic carbocycles. The standard InChI is InChI=1S/C6H4F2O2.BH3O3.Li.H/c7-3-1-2-4(9)6(10)5(3)8;2-1(3)4;;/h1-2,9-10H;2-4H;;. The van der Waals surface area contributed by atoms with Crippen LogP contribution in [0.4, 0.5) is 8.78 Å². The first-order valence-electron chi connectivity index (χ1n) is 3.26. The quantitative estimate of drug-likeness (QED) is 0.273. The van der Waals surface area contributed by atoms with Gasteiger partial charge in [0.25, 0.3) is 0 Å². The summed E-state index contributed by atoms with van der Waals surface area (Å²) in [5.41, 5.74) is 0. The summed E-state index contributed by atoms with van der Waals surface area (Å²) in [6, 6.07) is 1.60. The van der Waals surface area contributed by atoms with Crippen molar-refractivity contribution < 1.29 is 34.1 Å². The van der Waals surface area contributed by atoms with Crippen LogP contribution in [-0.2, 0) is 0 Å². The van der Waals surface area contributed by atoms with E-state index in [1.165, 1.54) is 0 Å². The van der Waals surface area contributed by atoms with Crippen molar-refractivity contribution in [1.82, 2.24) is 0 Å². The summed E-state index contributed by atoms with van der Waals surface area (Å²) >= 11 is 0. The fourth-order valence-electron chi connectivity index (χ4n) is 0.530. The summed E-state index contributed by atoms with van der Waals surface area (Å²) in [4.78, 5) is 0. The van der Waals surface area contributed by atoms with Crippen LogP contribution in [0.25, 0.3) is 0 Å². The topological polar surface area (TPSA) is 101 Å². The van der Waals surface area contributed by atoms with Gasteiger partial charge in [0.1, 0.15) is 0 Å². The van der Waals surface area contributed by atoms with E-state index < -0.39 is 30.5 Å². The van der Waals surface area contributed by atoms with E-state index in [0.717, 1.165) is 12.1 Å². The molecular formula is C6H8BF2LiO5. The van der Waals surface area contributed by atoms with E-state index in [-0.39, 0.29) is 18.9 Å². The zero-order valence-electron chi connectivity index (χ0n) is 6.72. The van der Waals surface area contributed by atoms with Crippen LogP contribution in [0, 0.1) is 11.6 Å². The van der Waals surface area contributed by atoms with Crippen molar-refractivity contribution in [3.05, 3.63) is 23.8 Å². The Kier molecular flexibility index (Phi) is 8.33. The molecule has 0 saturated carbocycles. The van der Waals surface area contributed by atoms with Gasteiger partial charge in [-0.05, 0) is 12.1 Å². The fraction of sp³-hybridized carbons (Fsp3) is 0. The van der Waals surface area contributed by atoms with Crippen LogP contribution in [0.5, 0.6) is 11.5 Å². The molecule has 0 radical (unpaired) electrons. The number of hydrogen-bond acceptors (Lipinski definition) is 5. The van der Waals surface area contributed by atoms with Crippen molar-refractivity contribution in [2.75, 3.05) is 0 Å². The molecule has 0 heterocycles. The molecule has 0 bridgehead atoms. The van der Waals surface area contributed by atoms with Crippen LogP contribution < -0.4 is 0 Å². The summed E-state index contributed by atoms with van der Waals surface area (Å²) < 4.78 is 24.3. The van der Waals surface area contributed by atoms with Crippen LogP contribution in [-0.4, -0.2) is 51.5 Å². The van der Waals surface area contributed by atoms with Gasteiger partial charge in [0, 0.05) is 0 Å². The van der Waals surface area contributed by atoms with Crippen molar-refractivity contribution >= 4 is 26.2 Å². The molecule has 80 valence electrons. The minimum absolute atomic E-state index is 0. The first kappa shape index (κ1) is 16.6. The van der Waals surface area contributed by atoms with E-state index in [1.54, 1.807) is 0 Å². The summed E-state index contributed by atoms with van der Waals surface area (Å²) in [5, 5.41) is 38.6. The number of aromatic hydroxyl groups is 2. The molecule has 0 spiro atoms. The molecule has 0 fully saturated rings. The average Bonchev–Trinajstić information content (AvgIpc) is 2.07. The summed E-state index contributed by atoms with van der Waals surface area (Å²) in [6.45, 7) is 0. The maximum atomic E-state index is 12.2. The van der Waals surface area contributed by atoms with E-state index >= 15 is 0 Å². The second kappa shape index (κ2) is 7.51. The zero-order chi connectivity index (χ0) is 11.3. The third-order valence-corrected chi connectivity index (χ3v) is 1.05. The first-order chi connectivity index (χ1) is 6.36. The molecule has 0 atom stereocenters. The molecular weight excluding hydrogens is 208 g/mol. The van der Waals surface area contributed by atoms with E-state index in [2.05, 4.69) is 0 Å². The fourth-order valence-corrected chi connectivity index (χ4v) is 0.530. The number of rotatable bonds is 0. The molecule has 1 aromatic rings. The molecule has 0 aliphatic heterocycles. The second-order valence-corrected chi connectivity index (χ2v) is 2.08. The van der Waals surface area contributed by atoms with Gasteiger partial charge in [-0.3, -0.25) is 0 Å². The van der Waals surface area contributed by atoms with Crippen LogP contribution in [0.2, 0.25) is 0 Å². The van der Waals surface area contributed by atoms with Crippen LogP contribution in [0.1, 0.15) is 0 Å². The van der Waals surface area contributed by atoms with Gasteiger partial charge < -0.3 is 25.3 Å². The number of benzene rings is 1. The predicted octanol–water partition coefficient (Wildman–Crippen LogP) is -1.32. The van der Waals surface area contributed by atoms with E-state index in [9.17, 15) is 8.78 Å². The summed E-state index contributed by atoms with van der Waals surface area (Å²) in [5.74, 6) is -4.34. The van der Waals surface area contributed by atoms with Crippen molar-refractivity contribution in [3.63, 3.8) is 0 Å². The van der Waals surface area contributed by atoms with Gasteiger partial charge in [-0.2, -0.15) is 4.39 Å². The van der Waals surface area contributed by atoms with Gasteiger partial charge in [0.05, 0.1) is 0 Å². The molecule has 1 rings (SSSR count). The van der Waals surface area contributed by atoms with Gasteiger partial charge >= 0.3 is 26.2 Å². The molecule has 0 unspecified atom stereocenters. The summed E-state index contributed by atoms with van der Waals surface area (Å²) in [6.07, 6.45) is 0. The average molecular weight is 216 g/mol. The Morgan fingerprint density at radius 2 is 1.40 bits per heavy atom. The molecule has 0 aliphatic rings. The van der Waals surface area contributed by atoms with Gasteiger partial charge in [-0.15, -0.1) is 0 Å². The van der Waals surface area contributed by atoms with Crippen LogP contribution in [0.3, 0.4) is 0 Å². The predicted molar refractivity (Wildman–Crippen MR) is 49.2 cm³/mol. The number of phenolic OH excluding ortho intramolecular Hbond substituents is 2. The molecule has 0 aromatic heterocycles. The van der Waals surface area contributed by atoms with Crippen molar-refractivity contribution in [2.45, 2.75) is 0 Å². The normalized spacial score (nSPS) is 8.33. The van der Waals surface area contributed by atoms with Crippen molar-refractivity contribution in [1.29, 1.82) is 0 Å². The number of halogens is 2. The van der Waals surface area contributed by atoms with Crippen LogP contribution in [0.15, 0.2) is 12.1 Å². The van der Waals surface area contributed by atoms with Crippen molar-refractivity contribution in [3.8, 4) is 11.5 Å². The Hall–Kier alpha value is -0.778. The Labute approximate surface area is 96.0 Å². The SMILES string of the molecule is OB(O)O.Oc1ccc(F)c(F)c1O.[LiH]. The Bertz CT molecular complexity index is 282. The number of hydrogen-bond donors (Lipinski definition) is 5. The Morgan fingerprint density at radius 3 is 1.73 bits per heavy atom. The maximum absolute atomic E-state index is 12.2. The monoisotopic (exact) mass is 216 g/mol. The minimum atomic E-state index is -2.17. The molecule has 0 saturated heterocycles. The zero-order valence-corrected chi connectivity index (χ0v) is 6.72. The third kappa shape index (κ3) is 6.33. The van der Waals surface area contributed by atoms with Crippen molar-refractivity contribution in [2.24, 2.45) is 0 Å². The third-order valence-electron chi connectivity index (χ3n) is 1.05. The van der Waals surface area contributed by atoms with E-state index in [0.29, 0.717) is 0 Å². The van der Waals surface area contributed by atoms with Gasteiger partial charge in [-0.1, -0.05) is 0 Å².